The Bertz CT molecular complexity index is 663. The fourth-order valence-corrected chi connectivity index (χ4v) is 3.26. The maximum Gasteiger partial charge on any atom is 1.00 e. The first-order valence-corrected chi connectivity index (χ1v) is 9.24. The van der Waals surface area contributed by atoms with E-state index in [0.717, 1.165) is 14.9 Å². The number of hydrogen-bond donors (Lipinski definition) is 1. The van der Waals surface area contributed by atoms with E-state index in [4.69, 9.17) is 9.84 Å². The van der Waals surface area contributed by atoms with E-state index in [-0.39, 0.29) is 42.2 Å². The Balaban J connectivity index is -0.000000388. The number of carbonyl (C=O) groups excluding carboxylic acids is 1. The van der Waals surface area contributed by atoms with Crippen molar-refractivity contribution in [3.63, 3.8) is 0 Å². The number of esters is 1. The van der Waals surface area contributed by atoms with Crippen molar-refractivity contribution in [1.29, 1.82) is 0 Å². The molecule has 2 rings (SSSR count). The molecule has 2 aromatic rings. The van der Waals surface area contributed by atoms with E-state index in [1.807, 2.05) is 27.0 Å². The maximum atomic E-state index is 11.0. The van der Waals surface area contributed by atoms with Crippen LogP contribution in [-0.2, 0) is 27.2 Å². The molecule has 0 amide bonds. The van der Waals surface area contributed by atoms with Crippen molar-refractivity contribution < 1.29 is 49.2 Å². The van der Waals surface area contributed by atoms with Crippen molar-refractivity contribution in [3.05, 3.63) is 32.2 Å². The molecule has 2 heterocycles. The van der Waals surface area contributed by atoms with Crippen LogP contribution < -0.4 is 18.9 Å². The van der Waals surface area contributed by atoms with Crippen molar-refractivity contribution >= 4 is 34.6 Å². The van der Waals surface area contributed by atoms with Crippen molar-refractivity contribution in [2.45, 2.75) is 46.5 Å². The molecule has 2 aromatic heterocycles. The molecule has 0 spiro atoms. The average molecular weight is 412 g/mol. The van der Waals surface area contributed by atoms with Crippen LogP contribution in [0.5, 0.6) is 0 Å². The molecule has 148 valence electrons. The summed E-state index contributed by atoms with van der Waals surface area (Å²) in [5.74, 6) is -0.909. The topological polar surface area (TPSA) is 151 Å². The van der Waals surface area contributed by atoms with Crippen molar-refractivity contribution in [1.82, 2.24) is 9.97 Å². The number of hydrogen-bond acceptors (Lipinski definition) is 8. The van der Waals surface area contributed by atoms with Crippen LogP contribution in [0.25, 0.3) is 0 Å². The third-order valence-corrected chi connectivity index (χ3v) is 4.68. The van der Waals surface area contributed by atoms with Gasteiger partial charge in [0.15, 0.2) is 0 Å². The van der Waals surface area contributed by atoms with Crippen LogP contribution >= 0.6 is 22.7 Å². The number of carboxylic acid groups (broad SMARTS) is 1. The Morgan fingerprint density at radius 3 is 1.81 bits per heavy atom. The van der Waals surface area contributed by atoms with E-state index in [0.29, 0.717) is 25.9 Å². The van der Waals surface area contributed by atoms with Crippen LogP contribution in [0.1, 0.15) is 39.5 Å². The van der Waals surface area contributed by atoms with E-state index >= 15 is 0 Å². The van der Waals surface area contributed by atoms with Crippen molar-refractivity contribution in [2.24, 2.45) is 0 Å². The molecule has 4 N–H and O–H groups in total. The summed E-state index contributed by atoms with van der Waals surface area (Å²) < 4.78 is 4.81. The predicted octanol–water partition coefficient (Wildman–Crippen LogP) is -0.582. The molecule has 0 atom stereocenters. The second kappa shape index (κ2) is 16.9. The standard InChI is InChI=1S/C9H13NO2S.C7H9NO2S.Li.2H2O/c1-3-12-9(11)5-4-8-10-6-7(2)13-8;1-5-4-8-6(11-5)2-3-7(9)10;;;/h6H,3-5H2,1-2H3;4H,2-3H2,1H3,(H,9,10);;2*1H2/q;;+1;;/p-1. The Labute approximate surface area is 178 Å². The Morgan fingerprint density at radius 2 is 1.48 bits per heavy atom. The fourth-order valence-electron chi connectivity index (χ4n) is 1.69. The number of aliphatic carboxylic acids is 1. The van der Waals surface area contributed by atoms with Gasteiger partial charge in [0.1, 0.15) is 0 Å². The van der Waals surface area contributed by atoms with Crippen molar-refractivity contribution in [2.75, 3.05) is 6.61 Å². The normalized spacial score (nSPS) is 8.85. The van der Waals surface area contributed by atoms with Gasteiger partial charge in [-0.15, -0.1) is 22.7 Å². The zero-order valence-corrected chi connectivity index (χ0v) is 17.7. The van der Waals surface area contributed by atoms with Gasteiger partial charge in [0.2, 0.25) is 0 Å². The van der Waals surface area contributed by atoms with Crippen LogP contribution in [0.3, 0.4) is 0 Å². The van der Waals surface area contributed by atoms with Crippen LogP contribution in [0.4, 0.5) is 0 Å². The van der Waals surface area contributed by atoms with Gasteiger partial charge in [-0.1, -0.05) is 0 Å². The molecule has 8 nitrogen and oxygen atoms in total. The zero-order valence-electron chi connectivity index (χ0n) is 16.0. The van der Waals surface area contributed by atoms with Gasteiger partial charge in [-0.2, -0.15) is 0 Å². The monoisotopic (exact) mass is 412 g/mol. The van der Waals surface area contributed by atoms with E-state index in [1.165, 1.54) is 4.88 Å². The summed E-state index contributed by atoms with van der Waals surface area (Å²) >= 11 is 3.18. The molecule has 0 unspecified atom stereocenters. The first-order chi connectivity index (χ1) is 11.4. The number of thiazole rings is 2. The number of carbonyl (C=O) groups is 2. The quantitative estimate of drug-likeness (QED) is 0.472. The molecule has 0 aliphatic carbocycles. The fraction of sp³-hybridized carbons (Fsp3) is 0.500. The van der Waals surface area contributed by atoms with E-state index in [2.05, 4.69) is 9.97 Å². The number of aromatic nitrogens is 2. The molecule has 11 heteroatoms. The van der Waals surface area contributed by atoms with E-state index in [9.17, 15) is 9.59 Å². The second-order valence-electron chi connectivity index (χ2n) is 4.93. The molecule has 0 aliphatic heterocycles. The summed E-state index contributed by atoms with van der Waals surface area (Å²) in [7, 11) is 0. The van der Waals surface area contributed by atoms with Gasteiger partial charge in [-0.3, -0.25) is 9.59 Å². The number of rotatable bonds is 7. The molecule has 0 saturated heterocycles. The minimum Gasteiger partial charge on any atom is -0.870 e. The van der Waals surface area contributed by atoms with Gasteiger partial charge in [0.05, 0.1) is 29.5 Å². The summed E-state index contributed by atoms with van der Waals surface area (Å²) in [5.41, 5.74) is 0. The average Bonchev–Trinajstić information content (AvgIpc) is 3.12. The van der Waals surface area contributed by atoms with Gasteiger partial charge in [-0.05, 0) is 20.8 Å². The van der Waals surface area contributed by atoms with Gasteiger partial charge >= 0.3 is 30.8 Å². The molecule has 0 fully saturated rings. The Morgan fingerprint density at radius 1 is 1.04 bits per heavy atom. The molecule has 0 saturated carbocycles. The maximum absolute atomic E-state index is 11.0. The van der Waals surface area contributed by atoms with E-state index in [1.54, 1.807) is 28.9 Å². The number of nitrogens with zero attached hydrogens (tertiary/aromatic N) is 2. The van der Waals surface area contributed by atoms with Gasteiger partial charge in [0, 0.05) is 35.0 Å². The number of ether oxygens (including phenoxy) is 1. The SMILES string of the molecule is CCOC(=O)CCc1ncc(C)s1.Cc1cnc(CCC(=O)O)s1.O.[Li+].[OH-]. The first-order valence-electron chi connectivity index (χ1n) is 7.60. The Hall–Kier alpha value is -1.28. The minimum absolute atomic E-state index is 0. The summed E-state index contributed by atoms with van der Waals surface area (Å²) in [6, 6.07) is 0. The van der Waals surface area contributed by atoms with Crippen LogP contribution in [-0.4, -0.2) is 44.6 Å². The second-order valence-corrected chi connectivity index (χ2v) is 7.57. The third kappa shape index (κ3) is 14.4. The summed E-state index contributed by atoms with van der Waals surface area (Å²) in [4.78, 5) is 31.6. The largest absolute Gasteiger partial charge is 1.00 e. The van der Waals surface area contributed by atoms with Gasteiger partial charge in [0.25, 0.3) is 0 Å². The predicted molar refractivity (Wildman–Crippen MR) is 100 cm³/mol. The molecule has 0 radical (unpaired) electrons. The molecule has 27 heavy (non-hydrogen) atoms. The molecule has 0 aromatic carbocycles. The number of carboxylic acids is 1. The van der Waals surface area contributed by atoms with Gasteiger partial charge < -0.3 is 20.8 Å². The van der Waals surface area contributed by atoms with Crippen LogP contribution in [0, 0.1) is 13.8 Å². The van der Waals surface area contributed by atoms with E-state index < -0.39 is 5.97 Å². The summed E-state index contributed by atoms with van der Waals surface area (Å²) in [6.45, 7) is 6.23. The van der Waals surface area contributed by atoms with Gasteiger partial charge in [-0.25, -0.2) is 9.97 Å². The third-order valence-electron chi connectivity index (χ3n) is 2.74. The molecule has 0 aliphatic rings. The first kappa shape index (κ1) is 30.4. The summed E-state index contributed by atoms with van der Waals surface area (Å²) in [5, 5.41) is 10.3. The molecular weight excluding hydrogens is 387 g/mol. The Kier molecular flexibility index (Phi) is 19.0. The number of aryl methyl sites for hydroxylation is 4. The minimum atomic E-state index is -0.766. The molecular formula is C16H25LiN2O6S2. The van der Waals surface area contributed by atoms with Crippen LogP contribution in [0.2, 0.25) is 0 Å². The summed E-state index contributed by atoms with van der Waals surface area (Å²) in [6.07, 6.45) is 5.44. The van der Waals surface area contributed by atoms with Crippen molar-refractivity contribution in [3.8, 4) is 0 Å². The van der Waals surface area contributed by atoms with Crippen LogP contribution in [0.15, 0.2) is 12.4 Å². The smallest absolute Gasteiger partial charge is 0.870 e. The molecule has 0 bridgehead atoms. The zero-order chi connectivity index (χ0) is 17.9.